The molecule has 5 N–H and O–H groups in total. The third kappa shape index (κ3) is 9.95. The number of aryl methyl sites for hydroxylation is 1. The number of imide groups is 1. The molecule has 5 aromatic rings. The van der Waals surface area contributed by atoms with E-state index in [1.807, 2.05) is 36.4 Å². The number of hydrogen-bond donors (Lipinski definition) is 5. The first-order chi connectivity index (χ1) is 30.4. The molecule has 3 aliphatic heterocycles. The zero-order chi connectivity index (χ0) is 44.3. The van der Waals surface area contributed by atoms with E-state index < -0.39 is 7.14 Å². The Morgan fingerprint density at radius 2 is 1.75 bits per heavy atom. The van der Waals surface area contributed by atoms with Crippen LogP contribution in [0.25, 0.3) is 11.0 Å². The maximum atomic E-state index is 13.5. The molecule has 1 atom stereocenters. The zero-order valence-electron chi connectivity index (χ0n) is 35.9. The normalized spacial score (nSPS) is 17.3. The van der Waals surface area contributed by atoms with Crippen LogP contribution in [0, 0.1) is 5.92 Å². The second kappa shape index (κ2) is 19.0. The number of nitrogens with one attached hydrogen (secondary N) is 5. The molecule has 1 unspecified atom stereocenters. The fourth-order valence-corrected chi connectivity index (χ4v) is 10.3. The van der Waals surface area contributed by atoms with E-state index in [0.717, 1.165) is 55.0 Å². The van der Waals surface area contributed by atoms with Crippen molar-refractivity contribution in [3.05, 3.63) is 82.7 Å². The minimum atomic E-state index is -2.78. The summed E-state index contributed by atoms with van der Waals surface area (Å²) in [6, 6.07) is 16.1. The van der Waals surface area contributed by atoms with Gasteiger partial charge in [0.2, 0.25) is 23.7 Å². The van der Waals surface area contributed by atoms with Crippen LogP contribution in [0.5, 0.6) is 5.75 Å². The first kappa shape index (κ1) is 44.0. The monoisotopic (exact) mass is 937 g/mol. The first-order valence-electron chi connectivity index (χ1n) is 21.4. The quantitative estimate of drug-likeness (QED) is 0.0479. The third-order valence-corrected chi connectivity index (χ3v) is 14.1. The minimum absolute atomic E-state index is 0.0586. The number of amides is 3. The first-order valence-corrected chi connectivity index (χ1v) is 24.8. The Kier molecular flexibility index (Phi) is 13.3. The zero-order valence-corrected chi connectivity index (χ0v) is 38.4. The number of ether oxygens (including phenoxy) is 1. The number of methoxy groups -OCH3 is 1. The van der Waals surface area contributed by atoms with Gasteiger partial charge in [-0.15, -0.1) is 0 Å². The number of fused-ring (bicyclic) bond motifs is 1. The van der Waals surface area contributed by atoms with Crippen molar-refractivity contribution in [2.45, 2.75) is 51.0 Å². The molecular formula is C45H53BrN11O5P. The lowest BCUT2D eigenvalue weighted by Gasteiger charge is -2.40. The van der Waals surface area contributed by atoms with E-state index in [1.54, 1.807) is 39.0 Å². The number of carbonyl (C=O) groups excluding carboxylic acids is 3. The van der Waals surface area contributed by atoms with E-state index in [2.05, 4.69) is 86.3 Å². The smallest absolute Gasteiger partial charge is 0.234 e. The van der Waals surface area contributed by atoms with Crippen LogP contribution in [-0.2, 0) is 25.4 Å². The minimum Gasteiger partial charge on any atom is -0.494 e. The molecule has 5 heterocycles. The standard InChI is InChI=1S/C45H53BrN11O5P/c1-5-27-22-36(53-45-51-24-33(46)42(55-45)52-35-11-10-34-40(49-17-16-48-34)41(35)63(3,4)61)38(62-2)23-37(27)56-19-13-30(14-20-56)47-15-18-50-43(59)29-25-57(26-29)31-8-6-7-28(21-31)32-9-12-39(58)54-44(32)60/h6-8,10-11,16-17,21-24,29-30,32,47H,5,9,12-15,18-20,25-26H2,1-4H3,(H,50,59)(H,54,58,60)(H2,51,52,53,55). The number of nitrogens with zero attached hydrogens (tertiary/aromatic N) is 6. The van der Waals surface area contributed by atoms with Crippen molar-refractivity contribution < 1.29 is 23.7 Å². The molecule has 63 heavy (non-hydrogen) atoms. The number of anilines is 6. The molecule has 2 aromatic heterocycles. The Morgan fingerprint density at radius 3 is 2.49 bits per heavy atom. The van der Waals surface area contributed by atoms with Crippen LogP contribution in [0.3, 0.4) is 0 Å². The van der Waals surface area contributed by atoms with E-state index >= 15 is 0 Å². The summed E-state index contributed by atoms with van der Waals surface area (Å²) in [5.74, 6) is 0.705. The molecule has 0 radical (unpaired) electrons. The molecule has 330 valence electrons. The number of rotatable bonds is 15. The van der Waals surface area contributed by atoms with Gasteiger partial charge >= 0.3 is 0 Å². The van der Waals surface area contributed by atoms with Gasteiger partial charge in [0.25, 0.3) is 0 Å². The van der Waals surface area contributed by atoms with Crippen molar-refractivity contribution in [1.29, 1.82) is 0 Å². The van der Waals surface area contributed by atoms with Gasteiger partial charge in [-0.1, -0.05) is 19.1 Å². The highest BCUT2D eigenvalue weighted by Crippen LogP contribution is 2.42. The molecule has 3 aliphatic rings. The van der Waals surface area contributed by atoms with Crippen molar-refractivity contribution in [3.63, 3.8) is 0 Å². The van der Waals surface area contributed by atoms with Crippen molar-refractivity contribution in [3.8, 4) is 5.75 Å². The summed E-state index contributed by atoms with van der Waals surface area (Å²) < 4.78 is 20.0. The Hall–Kier alpha value is -5.64. The Morgan fingerprint density at radius 1 is 0.952 bits per heavy atom. The number of benzene rings is 3. The fourth-order valence-electron chi connectivity index (χ4n) is 8.62. The molecule has 3 amide bonds. The van der Waals surface area contributed by atoms with E-state index in [-0.39, 0.29) is 29.6 Å². The highest BCUT2D eigenvalue weighted by Gasteiger charge is 2.34. The molecule has 0 aliphatic carbocycles. The van der Waals surface area contributed by atoms with E-state index in [1.165, 1.54) is 5.56 Å². The summed E-state index contributed by atoms with van der Waals surface area (Å²) in [5, 5.41) is 16.5. The van der Waals surface area contributed by atoms with Crippen LogP contribution < -0.4 is 46.4 Å². The van der Waals surface area contributed by atoms with Crippen molar-refractivity contribution in [1.82, 2.24) is 35.9 Å². The van der Waals surface area contributed by atoms with Gasteiger partial charge in [0.15, 0.2) is 0 Å². The second-order valence-corrected chi connectivity index (χ2v) is 20.6. The van der Waals surface area contributed by atoms with Crippen molar-refractivity contribution >= 4 is 91.6 Å². The van der Waals surface area contributed by atoms with E-state index in [9.17, 15) is 18.9 Å². The van der Waals surface area contributed by atoms with Gasteiger partial charge in [-0.2, -0.15) is 4.98 Å². The number of halogens is 1. The van der Waals surface area contributed by atoms with E-state index in [0.29, 0.717) is 89.1 Å². The topological polar surface area (TPSA) is 196 Å². The third-order valence-electron chi connectivity index (χ3n) is 12.0. The maximum absolute atomic E-state index is 13.5. The van der Waals surface area contributed by atoms with Crippen LogP contribution in [0.4, 0.5) is 34.5 Å². The van der Waals surface area contributed by atoms with Crippen LogP contribution in [0.1, 0.15) is 49.7 Å². The van der Waals surface area contributed by atoms with Gasteiger partial charge in [0.05, 0.1) is 45.6 Å². The van der Waals surface area contributed by atoms with Gasteiger partial charge in [-0.05, 0) is 96.4 Å². The van der Waals surface area contributed by atoms with Crippen LogP contribution in [0.15, 0.2) is 71.6 Å². The predicted molar refractivity (Wildman–Crippen MR) is 251 cm³/mol. The second-order valence-electron chi connectivity index (χ2n) is 16.6. The fraction of sp³-hybridized carbons (Fsp3) is 0.400. The SMILES string of the molecule is CCc1cc(Nc2ncc(Br)c(Nc3ccc4nccnc4c3P(C)(C)=O)n2)c(OC)cc1N1CCC(NCCNC(=O)C2CN(c3cccc(C4CCC(=O)NC4=O)c3)C2)CC1. The van der Waals surface area contributed by atoms with Gasteiger partial charge in [0, 0.05) is 87.8 Å². The number of aromatic nitrogens is 4. The molecule has 16 nitrogen and oxygen atoms in total. The molecule has 3 saturated heterocycles. The lowest BCUT2D eigenvalue weighted by Crippen LogP contribution is -2.54. The van der Waals surface area contributed by atoms with Gasteiger partial charge in [0.1, 0.15) is 24.2 Å². The Balaban J connectivity index is 0.822. The molecule has 0 bridgehead atoms. The Labute approximate surface area is 375 Å². The summed E-state index contributed by atoms with van der Waals surface area (Å²) in [6.07, 6.45) is 8.49. The molecule has 3 aromatic carbocycles. The van der Waals surface area contributed by atoms with Crippen molar-refractivity contribution in [2.24, 2.45) is 5.92 Å². The summed E-state index contributed by atoms with van der Waals surface area (Å²) in [5.41, 5.74) is 6.82. The van der Waals surface area contributed by atoms with Crippen molar-refractivity contribution in [2.75, 3.05) is 80.1 Å². The Bertz CT molecular complexity index is 2580. The number of piperidine rings is 2. The van der Waals surface area contributed by atoms with Crippen LogP contribution in [-0.4, -0.2) is 103 Å². The molecule has 0 saturated carbocycles. The summed E-state index contributed by atoms with van der Waals surface area (Å²) in [7, 11) is -1.12. The largest absolute Gasteiger partial charge is 0.494 e. The maximum Gasteiger partial charge on any atom is 0.234 e. The lowest BCUT2D eigenvalue weighted by atomic mass is 9.89. The van der Waals surface area contributed by atoms with Crippen LogP contribution >= 0.6 is 23.1 Å². The lowest BCUT2D eigenvalue weighted by molar-refractivity contribution is -0.134. The number of hydrogen-bond acceptors (Lipinski definition) is 14. The average molecular weight is 939 g/mol. The highest BCUT2D eigenvalue weighted by molar-refractivity contribution is 9.10. The predicted octanol–water partition coefficient (Wildman–Crippen LogP) is 5.82. The summed E-state index contributed by atoms with van der Waals surface area (Å²) in [6.45, 7) is 9.85. The number of carbonyl (C=O) groups is 3. The van der Waals surface area contributed by atoms with Gasteiger partial charge in [-0.25, -0.2) is 4.98 Å². The van der Waals surface area contributed by atoms with Crippen LogP contribution in [0.2, 0.25) is 0 Å². The molecule has 3 fully saturated rings. The molecule has 8 rings (SSSR count). The highest BCUT2D eigenvalue weighted by atomic mass is 79.9. The van der Waals surface area contributed by atoms with Gasteiger partial charge in [-0.3, -0.25) is 29.7 Å². The summed E-state index contributed by atoms with van der Waals surface area (Å²) in [4.78, 5) is 59.7. The summed E-state index contributed by atoms with van der Waals surface area (Å²) >= 11 is 3.58. The van der Waals surface area contributed by atoms with E-state index in [4.69, 9.17) is 9.72 Å². The molecule has 0 spiro atoms. The molecule has 18 heteroatoms. The molecular weight excluding hydrogens is 885 g/mol. The van der Waals surface area contributed by atoms with Gasteiger partial charge < -0.3 is 40.4 Å². The average Bonchev–Trinajstić information content (AvgIpc) is 3.25.